The molecule has 1 aromatic rings. The molecule has 6 nitrogen and oxygen atoms in total. The van der Waals surface area contributed by atoms with Gasteiger partial charge in [-0.2, -0.15) is 0 Å². The second-order valence-corrected chi connectivity index (χ2v) is 3.54. The number of methoxy groups -OCH3 is 1. The third-order valence-electron chi connectivity index (χ3n) is 2.22. The van der Waals surface area contributed by atoms with E-state index in [4.69, 9.17) is 14.6 Å². The summed E-state index contributed by atoms with van der Waals surface area (Å²) in [6, 6.07) is 6.07. The van der Waals surface area contributed by atoms with Crippen molar-refractivity contribution in [2.75, 3.05) is 33.5 Å². The molecule has 0 radical (unpaired) electrons. The van der Waals surface area contributed by atoms with Gasteiger partial charge in [0.2, 0.25) is 0 Å². The Morgan fingerprint density at radius 1 is 1.11 bits per heavy atom. The predicted octanol–water partition coefficient (Wildman–Crippen LogP) is 0.639. The maximum absolute atomic E-state index is 11.7. The number of aliphatic hydroxyl groups excluding tert-OH is 1. The highest BCUT2D eigenvalue weighted by Crippen LogP contribution is 2.08. The molecule has 0 atom stereocenters. The number of benzene rings is 1. The first-order chi connectivity index (χ1) is 9.19. The molecule has 1 aromatic carbocycles. The van der Waals surface area contributed by atoms with E-state index < -0.39 is 11.9 Å². The number of carbonyl (C=O) groups is 2. The van der Waals surface area contributed by atoms with E-state index >= 15 is 0 Å². The van der Waals surface area contributed by atoms with Crippen molar-refractivity contribution < 1.29 is 28.9 Å². The van der Waals surface area contributed by atoms with Crippen LogP contribution in [0.15, 0.2) is 24.3 Å². The lowest BCUT2D eigenvalue weighted by molar-refractivity contribution is 0.0258. The Hall–Kier alpha value is -1.92. The Kier molecular flexibility index (Phi) is 6.56. The Morgan fingerprint density at radius 2 is 1.79 bits per heavy atom. The molecule has 6 heteroatoms. The van der Waals surface area contributed by atoms with E-state index in [9.17, 15) is 9.59 Å². The van der Waals surface area contributed by atoms with E-state index in [1.807, 2.05) is 0 Å². The van der Waals surface area contributed by atoms with Crippen LogP contribution in [-0.2, 0) is 14.2 Å². The number of hydrogen-bond donors (Lipinski definition) is 1. The maximum atomic E-state index is 11.7. The monoisotopic (exact) mass is 268 g/mol. The van der Waals surface area contributed by atoms with Crippen molar-refractivity contribution >= 4 is 11.9 Å². The highest BCUT2D eigenvalue weighted by Gasteiger charge is 2.11. The van der Waals surface area contributed by atoms with Crippen LogP contribution in [0.3, 0.4) is 0 Å². The number of rotatable bonds is 7. The highest BCUT2D eigenvalue weighted by molar-refractivity contribution is 5.95. The fraction of sp³-hybridized carbons (Fsp3) is 0.385. The highest BCUT2D eigenvalue weighted by atomic mass is 16.6. The van der Waals surface area contributed by atoms with Crippen molar-refractivity contribution in [3.63, 3.8) is 0 Å². The van der Waals surface area contributed by atoms with Gasteiger partial charge in [-0.05, 0) is 18.2 Å². The van der Waals surface area contributed by atoms with Crippen LogP contribution in [0.25, 0.3) is 0 Å². The van der Waals surface area contributed by atoms with Crippen LogP contribution in [0.4, 0.5) is 0 Å². The first-order valence-electron chi connectivity index (χ1n) is 5.73. The lowest BCUT2D eigenvalue weighted by Gasteiger charge is -2.06. The average Bonchev–Trinajstić information content (AvgIpc) is 2.46. The molecule has 19 heavy (non-hydrogen) atoms. The zero-order valence-electron chi connectivity index (χ0n) is 10.6. The van der Waals surface area contributed by atoms with Gasteiger partial charge in [-0.1, -0.05) is 6.07 Å². The summed E-state index contributed by atoms with van der Waals surface area (Å²) < 4.78 is 14.5. The Bertz CT molecular complexity index is 429. The minimum atomic E-state index is -0.543. The molecule has 0 fully saturated rings. The normalized spacial score (nSPS) is 10.0. The fourth-order valence-electron chi connectivity index (χ4n) is 1.33. The molecule has 0 saturated carbocycles. The zero-order chi connectivity index (χ0) is 14.1. The minimum Gasteiger partial charge on any atom is -0.465 e. The van der Waals surface area contributed by atoms with Gasteiger partial charge < -0.3 is 19.3 Å². The Labute approximate surface area is 110 Å². The average molecular weight is 268 g/mol. The van der Waals surface area contributed by atoms with E-state index in [1.54, 1.807) is 18.2 Å². The van der Waals surface area contributed by atoms with Gasteiger partial charge in [0, 0.05) is 0 Å². The lowest BCUT2D eigenvalue weighted by atomic mass is 10.1. The lowest BCUT2D eigenvalue weighted by Crippen LogP contribution is -2.13. The molecule has 0 aromatic heterocycles. The molecule has 0 aliphatic carbocycles. The first kappa shape index (κ1) is 15.1. The molecular formula is C13H16O6. The summed E-state index contributed by atoms with van der Waals surface area (Å²) >= 11 is 0. The van der Waals surface area contributed by atoms with Crippen LogP contribution < -0.4 is 0 Å². The summed E-state index contributed by atoms with van der Waals surface area (Å²) in [4.78, 5) is 23.0. The molecular weight excluding hydrogens is 252 g/mol. The quantitative estimate of drug-likeness (QED) is 0.577. The minimum absolute atomic E-state index is 0.0743. The van der Waals surface area contributed by atoms with Crippen LogP contribution >= 0.6 is 0 Å². The van der Waals surface area contributed by atoms with Crippen molar-refractivity contribution in [1.29, 1.82) is 0 Å². The number of ether oxygens (including phenoxy) is 3. The molecule has 1 N–H and O–H groups in total. The molecule has 0 heterocycles. The van der Waals surface area contributed by atoms with Gasteiger partial charge in [-0.3, -0.25) is 0 Å². The standard InChI is InChI=1S/C13H16O6/c1-17-12(15)10-3-2-4-11(9-10)13(16)19-8-7-18-6-5-14/h2-4,9,14H,5-8H2,1H3. The smallest absolute Gasteiger partial charge is 0.338 e. The summed E-state index contributed by atoms with van der Waals surface area (Å²) in [5.74, 6) is -1.06. The van der Waals surface area contributed by atoms with E-state index in [2.05, 4.69) is 4.74 Å². The third kappa shape index (κ3) is 5.07. The van der Waals surface area contributed by atoms with Gasteiger partial charge in [0.1, 0.15) is 6.61 Å². The SMILES string of the molecule is COC(=O)c1cccc(C(=O)OCCOCCO)c1. The zero-order valence-corrected chi connectivity index (χ0v) is 10.6. The number of carbonyl (C=O) groups excluding carboxylic acids is 2. The third-order valence-corrected chi connectivity index (χ3v) is 2.22. The van der Waals surface area contributed by atoms with Crippen molar-refractivity contribution in [3.05, 3.63) is 35.4 Å². The van der Waals surface area contributed by atoms with Gasteiger partial charge in [0.15, 0.2) is 0 Å². The van der Waals surface area contributed by atoms with Crippen LogP contribution in [0, 0.1) is 0 Å². The molecule has 1 rings (SSSR count). The Morgan fingerprint density at radius 3 is 2.42 bits per heavy atom. The summed E-state index contributed by atoms with van der Waals surface area (Å²) in [5, 5.41) is 8.48. The second-order valence-electron chi connectivity index (χ2n) is 3.54. The summed E-state index contributed by atoms with van der Waals surface area (Å²) in [7, 11) is 1.27. The van der Waals surface area contributed by atoms with Gasteiger partial charge in [0.05, 0.1) is 38.1 Å². The molecule has 0 bridgehead atoms. The molecule has 0 aliphatic heterocycles. The largest absolute Gasteiger partial charge is 0.465 e. The molecule has 104 valence electrons. The van der Waals surface area contributed by atoms with Gasteiger partial charge in [-0.25, -0.2) is 9.59 Å². The van der Waals surface area contributed by atoms with Crippen molar-refractivity contribution in [2.24, 2.45) is 0 Å². The number of esters is 2. The summed E-state index contributed by atoms with van der Waals surface area (Å²) in [6.07, 6.45) is 0. The second kappa shape index (κ2) is 8.23. The van der Waals surface area contributed by atoms with E-state index in [1.165, 1.54) is 13.2 Å². The van der Waals surface area contributed by atoms with E-state index in [-0.39, 0.29) is 37.6 Å². The molecule has 0 unspecified atom stereocenters. The van der Waals surface area contributed by atoms with Gasteiger partial charge in [-0.15, -0.1) is 0 Å². The van der Waals surface area contributed by atoms with Crippen LogP contribution in [0.5, 0.6) is 0 Å². The van der Waals surface area contributed by atoms with E-state index in [0.717, 1.165) is 0 Å². The maximum Gasteiger partial charge on any atom is 0.338 e. The van der Waals surface area contributed by atoms with Gasteiger partial charge >= 0.3 is 11.9 Å². The van der Waals surface area contributed by atoms with Crippen molar-refractivity contribution in [3.8, 4) is 0 Å². The van der Waals surface area contributed by atoms with Crippen molar-refractivity contribution in [2.45, 2.75) is 0 Å². The molecule has 0 saturated heterocycles. The van der Waals surface area contributed by atoms with Crippen LogP contribution in [-0.4, -0.2) is 50.6 Å². The number of aliphatic hydroxyl groups is 1. The Balaban J connectivity index is 2.50. The van der Waals surface area contributed by atoms with Crippen molar-refractivity contribution in [1.82, 2.24) is 0 Å². The summed E-state index contributed by atoms with van der Waals surface area (Å²) in [6.45, 7) is 0.425. The first-order valence-corrected chi connectivity index (χ1v) is 5.73. The topological polar surface area (TPSA) is 82.1 Å². The van der Waals surface area contributed by atoms with E-state index in [0.29, 0.717) is 0 Å². The summed E-state index contributed by atoms with van der Waals surface area (Å²) in [5.41, 5.74) is 0.554. The van der Waals surface area contributed by atoms with Crippen LogP contribution in [0.2, 0.25) is 0 Å². The van der Waals surface area contributed by atoms with Crippen LogP contribution in [0.1, 0.15) is 20.7 Å². The molecule has 0 aliphatic rings. The van der Waals surface area contributed by atoms with Gasteiger partial charge in [0.25, 0.3) is 0 Å². The fourth-order valence-corrected chi connectivity index (χ4v) is 1.33. The number of hydrogen-bond acceptors (Lipinski definition) is 6. The predicted molar refractivity (Wildman–Crippen MR) is 66.0 cm³/mol. The molecule has 0 amide bonds. The molecule has 0 spiro atoms.